The average molecular weight is 1130 g/mol. The summed E-state index contributed by atoms with van der Waals surface area (Å²) in [6.45, 7) is 16.1. The van der Waals surface area contributed by atoms with Crippen LogP contribution < -0.4 is 30.9 Å². The third-order valence-corrected chi connectivity index (χ3v) is 12.2. The summed E-state index contributed by atoms with van der Waals surface area (Å²) in [6, 6.07) is 0.436. The van der Waals surface area contributed by atoms with E-state index in [2.05, 4.69) is 88.8 Å². The molecule has 9 N–H and O–H groups in total. The number of imidazole rings is 3. The van der Waals surface area contributed by atoms with Gasteiger partial charge in [-0.25, -0.2) is 62.3 Å². The molecule has 3 aromatic heterocycles. The lowest BCUT2D eigenvalue weighted by Gasteiger charge is -2.22. The van der Waals surface area contributed by atoms with Crippen molar-refractivity contribution in [2.24, 2.45) is 17.2 Å². The van der Waals surface area contributed by atoms with Gasteiger partial charge < -0.3 is 30.4 Å². The highest BCUT2D eigenvalue weighted by molar-refractivity contribution is 8.13. The zero-order valence-corrected chi connectivity index (χ0v) is 41.7. The van der Waals surface area contributed by atoms with E-state index in [0.29, 0.717) is 0 Å². The number of rotatable bonds is 17. The molecule has 0 aliphatic heterocycles. The van der Waals surface area contributed by atoms with E-state index in [1.54, 1.807) is 0 Å². The molecule has 20 nitrogen and oxygen atoms in total. The van der Waals surface area contributed by atoms with Crippen LogP contribution in [0.1, 0.15) is 135 Å². The smallest absolute Gasteiger partial charge is 0.485 e. The van der Waals surface area contributed by atoms with Gasteiger partial charge in [-0.2, -0.15) is 52.7 Å². The fraction of sp³-hybridized carbons (Fsp3) is 0.735. The number of aryl methyl sites for hydroxylation is 3. The maximum Gasteiger partial charge on any atom is 0.485 e. The Balaban J connectivity index is -0.000000780. The molecule has 0 fully saturated rings. The van der Waals surface area contributed by atoms with Crippen LogP contribution >= 0.6 is 0 Å². The van der Waals surface area contributed by atoms with Crippen molar-refractivity contribution in [3.8, 4) is 0 Å². The fourth-order valence-electron chi connectivity index (χ4n) is 4.45. The van der Waals surface area contributed by atoms with Gasteiger partial charge in [-0.1, -0.05) is 60.8 Å². The highest BCUT2D eigenvalue weighted by Gasteiger charge is 2.47. The molecular formula is C34H60F12N10O10S4. The van der Waals surface area contributed by atoms with Crippen molar-refractivity contribution in [2.75, 3.05) is 0 Å². The first kappa shape index (κ1) is 70.6. The Hall–Kier alpha value is -3.65. The Labute approximate surface area is 398 Å². The lowest BCUT2D eigenvalue weighted by molar-refractivity contribution is -0.704. The van der Waals surface area contributed by atoms with Crippen LogP contribution in [-0.4, -0.2) is 79.8 Å². The van der Waals surface area contributed by atoms with Crippen LogP contribution in [0.3, 0.4) is 0 Å². The van der Waals surface area contributed by atoms with Crippen molar-refractivity contribution in [3.63, 3.8) is 0 Å². The number of aromatic amines is 3. The zero-order valence-electron chi connectivity index (χ0n) is 38.5. The Morgan fingerprint density at radius 1 is 0.471 bits per heavy atom. The topological polar surface area (TPSA) is 334 Å². The molecule has 70 heavy (non-hydrogen) atoms. The average Bonchev–Trinajstić information content (AvgIpc) is 4.01. The normalized spacial score (nSPS) is 13.8. The largest absolute Gasteiger partial charge is 0.741 e. The second-order valence-electron chi connectivity index (χ2n) is 13.9. The van der Waals surface area contributed by atoms with Crippen LogP contribution in [0.5, 0.6) is 0 Å². The van der Waals surface area contributed by atoms with Gasteiger partial charge in [0.25, 0.3) is 17.5 Å². The second-order valence-corrected chi connectivity index (χ2v) is 20.1. The number of nitrogens with one attached hydrogen (secondary N) is 3. The molecule has 0 saturated heterocycles. The summed E-state index contributed by atoms with van der Waals surface area (Å²) in [5.74, 6) is 3.45. The Bertz CT molecular complexity index is 2150. The Morgan fingerprint density at radius 3 is 0.814 bits per heavy atom. The molecule has 3 atom stereocenters. The van der Waals surface area contributed by atoms with Gasteiger partial charge in [0, 0.05) is 0 Å². The van der Waals surface area contributed by atoms with E-state index < -0.39 is 62.3 Å². The van der Waals surface area contributed by atoms with Crippen molar-refractivity contribution < 1.29 is 109 Å². The number of hydrogen-bond donors (Lipinski definition) is 6. The highest BCUT2D eigenvalue weighted by Crippen LogP contribution is 2.36. The van der Waals surface area contributed by atoms with Gasteiger partial charge in [0.05, 0.1) is 19.6 Å². The van der Waals surface area contributed by atoms with Gasteiger partial charge in [0.15, 0.2) is 40.3 Å². The van der Waals surface area contributed by atoms with Crippen LogP contribution in [-0.2, 0) is 59.9 Å². The van der Waals surface area contributed by atoms with E-state index in [9.17, 15) is 69.5 Å². The van der Waals surface area contributed by atoms with E-state index in [1.165, 1.54) is 38.5 Å². The second kappa shape index (κ2) is 31.1. The summed E-state index contributed by atoms with van der Waals surface area (Å²) in [5, 5.41) is 0. The molecule has 0 aromatic carbocycles. The number of nitrogens with zero attached hydrogens (tertiary/aromatic N) is 4. The molecule has 3 unspecified atom stereocenters. The van der Waals surface area contributed by atoms with Gasteiger partial charge in [-0.05, 0) is 38.5 Å². The molecule has 0 radical (unpaired) electrons. The maximum absolute atomic E-state index is 11.4. The van der Waals surface area contributed by atoms with Crippen molar-refractivity contribution in [2.45, 2.75) is 159 Å². The Morgan fingerprint density at radius 2 is 0.671 bits per heavy atom. The number of alkyl halides is 12. The van der Waals surface area contributed by atoms with E-state index in [1.807, 2.05) is 18.6 Å². The van der Waals surface area contributed by atoms with Gasteiger partial charge >= 0.3 is 22.0 Å². The number of aromatic nitrogens is 6. The number of unbranched alkanes of at least 4 members (excludes halogenated alkanes) is 3. The molecule has 36 heteroatoms. The molecule has 0 aliphatic carbocycles. The molecular weight excluding hydrogens is 1060 g/mol. The summed E-state index contributed by atoms with van der Waals surface area (Å²) >= 11 is 0. The summed E-state index contributed by atoms with van der Waals surface area (Å²) in [4.78, 5) is 9.61. The molecule has 414 valence electrons. The molecule has 0 spiro atoms. The molecule has 3 rings (SSSR count). The SMILES string of the molecule is CCCC[n+]1cc[nH]c1C(N)CC.CCCC[n+]1cc[nH]c1C(N)CC.CCCC[n+]1cc[nH]c1C(N)CC.O=S(=O)([N-]S(=O)(=O)C(F)(F)F)C(F)(F)F.O=S(=O)([O-])C(F)(F)F.O=S(=O)([O-])C(F)(F)F. The quantitative estimate of drug-likeness (QED) is 0.0410. The molecule has 3 heterocycles. The first-order valence-electron chi connectivity index (χ1n) is 20.5. The lowest BCUT2D eigenvalue weighted by atomic mass is 10.2. The van der Waals surface area contributed by atoms with Gasteiger partial charge in [0.1, 0.15) is 55.3 Å². The zero-order chi connectivity index (χ0) is 55.8. The fourth-order valence-corrected chi connectivity index (χ4v) is 6.16. The number of hydrogen-bond acceptors (Lipinski definition) is 13. The van der Waals surface area contributed by atoms with Crippen LogP contribution in [0.25, 0.3) is 4.13 Å². The van der Waals surface area contributed by atoms with E-state index >= 15 is 0 Å². The van der Waals surface area contributed by atoms with Crippen LogP contribution in [0.4, 0.5) is 52.7 Å². The van der Waals surface area contributed by atoms with Crippen LogP contribution in [0.15, 0.2) is 37.2 Å². The Kier molecular flexibility index (Phi) is 31.3. The summed E-state index contributed by atoms with van der Waals surface area (Å²) in [7, 11) is -25.6. The molecule has 0 bridgehead atoms. The van der Waals surface area contributed by atoms with Gasteiger partial charge in [-0.15, -0.1) is 0 Å². The number of halogens is 12. The van der Waals surface area contributed by atoms with E-state index in [-0.39, 0.29) is 18.1 Å². The predicted octanol–water partition coefficient (Wildman–Crippen LogP) is 5.70. The summed E-state index contributed by atoms with van der Waals surface area (Å²) in [5.41, 5.74) is -5.82. The molecule has 3 aromatic rings. The summed E-state index contributed by atoms with van der Waals surface area (Å²) in [6.07, 6.45) is 22.3. The first-order chi connectivity index (χ1) is 31.6. The third kappa shape index (κ3) is 26.7. The molecule has 0 aliphatic rings. The number of sulfonamides is 2. The lowest BCUT2D eigenvalue weighted by Crippen LogP contribution is -2.39. The third-order valence-electron chi connectivity index (χ3n) is 8.36. The highest BCUT2D eigenvalue weighted by atomic mass is 32.3. The summed E-state index contributed by atoms with van der Waals surface area (Å²) < 4.78 is 234. The molecule has 0 amide bonds. The minimum absolute atomic E-state index is 0.145. The maximum atomic E-state index is 11.4. The van der Waals surface area contributed by atoms with E-state index in [0.717, 1.165) is 60.5 Å². The monoisotopic (exact) mass is 1120 g/mol. The van der Waals surface area contributed by atoms with Crippen LogP contribution in [0, 0.1) is 0 Å². The van der Waals surface area contributed by atoms with Gasteiger partial charge in [-0.3, -0.25) is 0 Å². The van der Waals surface area contributed by atoms with E-state index in [4.69, 9.17) is 43.1 Å². The van der Waals surface area contributed by atoms with Crippen molar-refractivity contribution in [1.29, 1.82) is 0 Å². The van der Waals surface area contributed by atoms with Crippen molar-refractivity contribution in [1.82, 2.24) is 15.0 Å². The minimum atomic E-state index is -6.72. The van der Waals surface area contributed by atoms with Crippen LogP contribution in [0.2, 0.25) is 0 Å². The number of H-pyrrole nitrogens is 3. The predicted molar refractivity (Wildman–Crippen MR) is 224 cm³/mol. The molecule has 0 saturated carbocycles. The number of nitrogens with two attached hydrogens (primary N) is 3. The van der Waals surface area contributed by atoms with Crippen molar-refractivity contribution in [3.05, 3.63) is 58.8 Å². The minimum Gasteiger partial charge on any atom is -0.741 e. The van der Waals surface area contributed by atoms with Gasteiger partial charge in [0.2, 0.25) is 0 Å². The van der Waals surface area contributed by atoms with Crippen molar-refractivity contribution >= 4 is 40.3 Å². The standard InChI is InChI=1S/3C10H19N3.C2F6NO4S2.2CHF3O3S/c3*1-3-5-7-13-8-6-12-10(13)9(11)4-2;3-1(4,5)14(10,11)9-15(12,13)2(6,7)8;2*2-1(3,4)8(5,6)7/h3*6,8-9H,3-5,7,11H2,1-2H3;;2*(H,5,6,7)/q;;;-1;;/p+1. The first-order valence-corrected chi connectivity index (χ1v) is 26.2.